The number of amides is 2. The molecule has 0 saturated carbocycles. The molecule has 0 atom stereocenters. The van der Waals surface area contributed by atoms with Gasteiger partial charge in [-0.05, 0) is 51.5 Å². The van der Waals surface area contributed by atoms with Crippen molar-refractivity contribution in [2.24, 2.45) is 0 Å². The molecule has 0 aromatic heterocycles. The van der Waals surface area contributed by atoms with Gasteiger partial charge in [-0.1, -0.05) is 24.6 Å². The number of benzene rings is 2. The van der Waals surface area contributed by atoms with E-state index in [1.54, 1.807) is 39.0 Å². The van der Waals surface area contributed by atoms with Crippen LogP contribution in [0.15, 0.2) is 36.4 Å². The normalized spacial score (nSPS) is 11.0. The Balaban J connectivity index is 2.49. The van der Waals surface area contributed by atoms with E-state index < -0.39 is 28.0 Å². The number of hydrogen-bond acceptors (Lipinski definition) is 5. The molecular weight excluding hydrogens is 410 g/mol. The Labute approximate surface area is 179 Å². The number of carbonyl (C=O) groups is 2. The second-order valence-electron chi connectivity index (χ2n) is 7.51. The molecular formula is C21H24ClN3O5. The fourth-order valence-electron chi connectivity index (χ4n) is 2.98. The lowest BCUT2D eigenvalue weighted by molar-refractivity contribution is -0.385. The third-order valence-electron chi connectivity index (χ3n) is 4.42. The van der Waals surface area contributed by atoms with E-state index in [1.165, 1.54) is 19.2 Å². The van der Waals surface area contributed by atoms with E-state index in [4.69, 9.17) is 16.3 Å². The van der Waals surface area contributed by atoms with Gasteiger partial charge in [0.1, 0.15) is 11.3 Å². The van der Waals surface area contributed by atoms with Crippen LogP contribution in [-0.4, -0.2) is 34.4 Å². The summed E-state index contributed by atoms with van der Waals surface area (Å²) in [6.45, 7) is 6.99. The highest BCUT2D eigenvalue weighted by Crippen LogP contribution is 2.27. The third-order valence-corrected chi connectivity index (χ3v) is 4.66. The van der Waals surface area contributed by atoms with E-state index >= 15 is 0 Å². The molecule has 0 heterocycles. The van der Waals surface area contributed by atoms with E-state index in [-0.39, 0.29) is 10.6 Å². The van der Waals surface area contributed by atoms with Crippen LogP contribution in [0.3, 0.4) is 0 Å². The van der Waals surface area contributed by atoms with Gasteiger partial charge >= 0.3 is 0 Å². The number of halogens is 1. The van der Waals surface area contributed by atoms with Crippen molar-refractivity contribution in [3.8, 4) is 5.75 Å². The van der Waals surface area contributed by atoms with Gasteiger partial charge in [0.15, 0.2) is 0 Å². The third kappa shape index (κ3) is 4.88. The lowest BCUT2D eigenvalue weighted by atomic mass is 10.0. The summed E-state index contributed by atoms with van der Waals surface area (Å²) in [4.78, 5) is 37.0. The predicted octanol–water partition coefficient (Wildman–Crippen LogP) is 4.40. The van der Waals surface area contributed by atoms with E-state index in [1.807, 2.05) is 6.92 Å². The number of carbonyl (C=O) groups excluding carboxylic acids is 2. The maximum absolute atomic E-state index is 13.2. The number of ether oxygens (including phenoxy) is 1. The van der Waals surface area contributed by atoms with Gasteiger partial charge in [0.2, 0.25) is 0 Å². The molecule has 9 heteroatoms. The van der Waals surface area contributed by atoms with Crippen LogP contribution >= 0.6 is 11.6 Å². The second-order valence-corrected chi connectivity index (χ2v) is 7.95. The summed E-state index contributed by atoms with van der Waals surface area (Å²) >= 11 is 5.96. The molecule has 1 N–H and O–H groups in total. The van der Waals surface area contributed by atoms with Crippen LogP contribution in [0.4, 0.5) is 5.69 Å². The smallest absolute Gasteiger partial charge is 0.282 e. The first-order valence-corrected chi connectivity index (χ1v) is 9.64. The van der Waals surface area contributed by atoms with Crippen LogP contribution in [0.5, 0.6) is 5.75 Å². The monoisotopic (exact) mass is 433 g/mol. The number of methoxy groups -OCH3 is 1. The number of nitrogens with one attached hydrogen (secondary N) is 1. The molecule has 0 unspecified atom stereocenters. The number of hydrazine groups is 1. The van der Waals surface area contributed by atoms with Crippen molar-refractivity contribution in [2.45, 2.75) is 39.7 Å². The highest BCUT2D eigenvalue weighted by Gasteiger charge is 2.34. The van der Waals surface area contributed by atoms with Crippen molar-refractivity contribution in [1.82, 2.24) is 10.4 Å². The lowest BCUT2D eigenvalue weighted by Gasteiger charge is -2.35. The van der Waals surface area contributed by atoms with Crippen molar-refractivity contribution in [1.29, 1.82) is 0 Å². The molecule has 160 valence electrons. The fourth-order valence-corrected chi connectivity index (χ4v) is 3.15. The van der Waals surface area contributed by atoms with Gasteiger partial charge in [-0.15, -0.1) is 0 Å². The molecule has 0 radical (unpaired) electrons. The van der Waals surface area contributed by atoms with Crippen molar-refractivity contribution in [3.63, 3.8) is 0 Å². The fraction of sp³-hybridized carbons (Fsp3) is 0.333. The molecule has 2 aromatic rings. The zero-order valence-corrected chi connectivity index (χ0v) is 18.2. The number of nitrogens with zero attached hydrogens (tertiary/aromatic N) is 2. The van der Waals surface area contributed by atoms with Crippen LogP contribution in [0.1, 0.15) is 54.0 Å². The Morgan fingerprint density at radius 3 is 2.40 bits per heavy atom. The summed E-state index contributed by atoms with van der Waals surface area (Å²) in [7, 11) is 1.51. The molecule has 0 spiro atoms. The molecule has 0 fully saturated rings. The van der Waals surface area contributed by atoms with Crippen LogP contribution in [0.25, 0.3) is 0 Å². The molecule has 0 saturated heterocycles. The van der Waals surface area contributed by atoms with Crippen molar-refractivity contribution < 1.29 is 19.2 Å². The van der Waals surface area contributed by atoms with Gasteiger partial charge in [0.25, 0.3) is 17.5 Å². The Bertz CT molecular complexity index is 985. The number of hydrogen-bond donors (Lipinski definition) is 1. The lowest BCUT2D eigenvalue weighted by Crippen LogP contribution is -2.56. The quantitative estimate of drug-likeness (QED) is 0.556. The van der Waals surface area contributed by atoms with E-state index in [0.717, 1.165) is 11.1 Å². The number of rotatable bonds is 5. The molecule has 0 bridgehead atoms. The molecule has 2 aromatic carbocycles. The SMILES string of the molecule is CCc1c(OC)cccc1C(=O)NN(C(=O)c1cc(Cl)ccc1[N+](=O)[O-])C(C)(C)C. The minimum atomic E-state index is -0.881. The number of nitro benzene ring substituents is 1. The van der Waals surface area contributed by atoms with E-state index in [0.29, 0.717) is 23.3 Å². The summed E-state index contributed by atoms with van der Waals surface area (Å²) in [6, 6.07) is 8.77. The minimum Gasteiger partial charge on any atom is -0.496 e. The van der Waals surface area contributed by atoms with Gasteiger partial charge in [-0.3, -0.25) is 25.1 Å². The molecule has 2 rings (SSSR count). The Morgan fingerprint density at radius 2 is 1.87 bits per heavy atom. The Hall–Kier alpha value is -3.13. The standard InChI is InChI=1S/C21H24ClN3O5/c1-6-14-15(8-7-9-18(14)30-5)19(26)23-24(21(2,3)4)20(27)16-12-13(22)10-11-17(16)25(28)29/h7-12H,6H2,1-5H3,(H,23,26). The van der Waals surface area contributed by atoms with Crippen LogP contribution < -0.4 is 10.2 Å². The van der Waals surface area contributed by atoms with Gasteiger partial charge in [0.05, 0.1) is 17.6 Å². The van der Waals surface area contributed by atoms with Crippen molar-refractivity contribution in [2.75, 3.05) is 7.11 Å². The van der Waals surface area contributed by atoms with Gasteiger partial charge < -0.3 is 4.74 Å². The van der Waals surface area contributed by atoms with Crippen LogP contribution in [-0.2, 0) is 6.42 Å². The molecule has 0 aliphatic carbocycles. The summed E-state index contributed by atoms with van der Waals surface area (Å²) in [5, 5.41) is 12.6. The highest BCUT2D eigenvalue weighted by molar-refractivity contribution is 6.31. The maximum atomic E-state index is 13.2. The zero-order valence-electron chi connectivity index (χ0n) is 17.5. The molecule has 0 aliphatic heterocycles. The van der Waals surface area contributed by atoms with Crippen LogP contribution in [0.2, 0.25) is 5.02 Å². The van der Waals surface area contributed by atoms with E-state index in [9.17, 15) is 19.7 Å². The van der Waals surface area contributed by atoms with Gasteiger partial charge in [0, 0.05) is 22.2 Å². The largest absolute Gasteiger partial charge is 0.496 e. The number of nitro groups is 1. The topological polar surface area (TPSA) is 102 Å². The second kappa shape index (κ2) is 9.13. The zero-order chi connectivity index (χ0) is 22.6. The van der Waals surface area contributed by atoms with Crippen molar-refractivity contribution >= 4 is 29.1 Å². The summed E-state index contributed by atoms with van der Waals surface area (Å²) in [6.07, 6.45) is 0.538. The minimum absolute atomic E-state index is 0.171. The first-order valence-electron chi connectivity index (χ1n) is 9.26. The average molecular weight is 434 g/mol. The summed E-state index contributed by atoms with van der Waals surface area (Å²) in [5.41, 5.74) is 2.14. The first kappa shape index (κ1) is 23.2. The summed E-state index contributed by atoms with van der Waals surface area (Å²) in [5.74, 6) is -0.714. The Kier molecular flexibility index (Phi) is 7.04. The van der Waals surface area contributed by atoms with Gasteiger partial charge in [-0.2, -0.15) is 0 Å². The first-order chi connectivity index (χ1) is 14.0. The average Bonchev–Trinajstić information content (AvgIpc) is 2.69. The van der Waals surface area contributed by atoms with Crippen LogP contribution in [0, 0.1) is 10.1 Å². The summed E-state index contributed by atoms with van der Waals surface area (Å²) < 4.78 is 5.32. The van der Waals surface area contributed by atoms with Crippen molar-refractivity contribution in [3.05, 3.63) is 68.2 Å². The highest BCUT2D eigenvalue weighted by atomic mass is 35.5. The van der Waals surface area contributed by atoms with Gasteiger partial charge in [-0.25, -0.2) is 5.01 Å². The molecule has 8 nitrogen and oxygen atoms in total. The molecule has 0 aliphatic rings. The molecule has 2 amide bonds. The molecule has 30 heavy (non-hydrogen) atoms. The van der Waals surface area contributed by atoms with E-state index in [2.05, 4.69) is 5.43 Å². The maximum Gasteiger partial charge on any atom is 0.282 e. The Morgan fingerprint density at radius 1 is 1.20 bits per heavy atom. The predicted molar refractivity (Wildman–Crippen MR) is 114 cm³/mol.